The third-order valence-corrected chi connectivity index (χ3v) is 3.11. The normalized spacial score (nSPS) is 11.8. The minimum absolute atomic E-state index is 0.0106. The molecule has 1 amide bonds. The zero-order valence-corrected chi connectivity index (χ0v) is 13.3. The Balaban J connectivity index is 3.07. The Hall–Kier alpha value is -2.68. The van der Waals surface area contributed by atoms with E-state index in [1.54, 1.807) is 6.08 Å². The Morgan fingerprint density at radius 1 is 1.14 bits per heavy atom. The van der Waals surface area contributed by atoms with Gasteiger partial charge in [-0.15, -0.1) is 0 Å². The van der Waals surface area contributed by atoms with E-state index in [9.17, 15) is 9.59 Å². The number of ketones is 1. The Morgan fingerprint density at radius 3 is 2.36 bits per heavy atom. The van der Waals surface area contributed by atoms with Crippen molar-refractivity contribution in [1.29, 1.82) is 0 Å². The lowest BCUT2D eigenvalue weighted by molar-refractivity contribution is -0.113. The predicted octanol–water partition coefficient (Wildman–Crippen LogP) is 4.31. The van der Waals surface area contributed by atoms with E-state index in [-0.39, 0.29) is 11.7 Å². The summed E-state index contributed by atoms with van der Waals surface area (Å²) in [4.78, 5) is 22.9. The summed E-state index contributed by atoms with van der Waals surface area (Å²) in [6.07, 6.45) is 4.87. The number of rotatable bonds is 6. The first-order chi connectivity index (χ1) is 10.3. The van der Waals surface area contributed by atoms with Crippen LogP contribution in [-0.2, 0) is 9.59 Å². The maximum Gasteiger partial charge on any atom is 0.247 e. The number of amides is 1. The highest BCUT2D eigenvalue weighted by molar-refractivity contribution is 5.99. The minimum atomic E-state index is -0.250. The molecule has 0 saturated carbocycles. The molecule has 1 N–H and O–H groups in total. The van der Waals surface area contributed by atoms with Crippen LogP contribution in [0.5, 0.6) is 0 Å². The van der Waals surface area contributed by atoms with Crippen LogP contribution < -0.4 is 5.32 Å². The third kappa shape index (κ3) is 5.02. The van der Waals surface area contributed by atoms with Crippen molar-refractivity contribution in [2.45, 2.75) is 20.8 Å². The van der Waals surface area contributed by atoms with Crippen molar-refractivity contribution in [2.24, 2.45) is 0 Å². The number of Topliss-reactive ketones (excluding diaryl/α,β-unsaturated/α-hetero) is 1. The van der Waals surface area contributed by atoms with E-state index in [2.05, 4.69) is 18.5 Å². The minimum Gasteiger partial charge on any atom is -0.323 e. The molecule has 0 saturated heterocycles. The number of carbonyl (C=O) groups is 2. The second-order valence-corrected chi connectivity index (χ2v) is 5.04. The van der Waals surface area contributed by atoms with Gasteiger partial charge in [0.2, 0.25) is 5.91 Å². The summed E-state index contributed by atoms with van der Waals surface area (Å²) in [5.41, 5.74) is 3.99. The second-order valence-electron chi connectivity index (χ2n) is 5.04. The highest BCUT2D eigenvalue weighted by Gasteiger charge is 2.04. The van der Waals surface area contributed by atoms with Crippen LogP contribution in [0.2, 0.25) is 0 Å². The fraction of sp³-hybridized carbons (Fsp3) is 0.158. The summed E-state index contributed by atoms with van der Waals surface area (Å²) in [5.74, 6) is -0.261. The van der Waals surface area contributed by atoms with Gasteiger partial charge in [-0.25, -0.2) is 0 Å². The van der Waals surface area contributed by atoms with Gasteiger partial charge < -0.3 is 5.32 Å². The van der Waals surface area contributed by atoms with Crippen LogP contribution in [0.25, 0.3) is 5.57 Å². The molecule has 3 heteroatoms. The number of anilines is 1. The molecular formula is C19H21NO2. The van der Waals surface area contributed by atoms with Crippen LogP contribution in [0.3, 0.4) is 0 Å². The van der Waals surface area contributed by atoms with E-state index in [0.29, 0.717) is 11.3 Å². The van der Waals surface area contributed by atoms with Crippen molar-refractivity contribution in [3.63, 3.8) is 0 Å². The molecule has 3 nitrogen and oxygen atoms in total. The first-order valence-corrected chi connectivity index (χ1v) is 6.94. The first-order valence-electron chi connectivity index (χ1n) is 6.94. The van der Waals surface area contributed by atoms with Crippen LogP contribution in [0, 0.1) is 0 Å². The lowest BCUT2D eigenvalue weighted by Gasteiger charge is -2.06. The van der Waals surface area contributed by atoms with Gasteiger partial charge in [0, 0.05) is 11.3 Å². The van der Waals surface area contributed by atoms with Gasteiger partial charge in [0.15, 0.2) is 5.78 Å². The van der Waals surface area contributed by atoms with Crippen molar-refractivity contribution in [1.82, 2.24) is 0 Å². The monoisotopic (exact) mass is 295 g/mol. The molecule has 0 aliphatic heterocycles. The van der Waals surface area contributed by atoms with Crippen molar-refractivity contribution >= 4 is 23.0 Å². The Bertz CT molecular complexity index is 662. The van der Waals surface area contributed by atoms with Gasteiger partial charge in [-0.05, 0) is 55.7 Å². The molecule has 114 valence electrons. The third-order valence-electron chi connectivity index (χ3n) is 3.11. The molecule has 22 heavy (non-hydrogen) atoms. The molecule has 1 aromatic rings. The highest BCUT2D eigenvalue weighted by Crippen LogP contribution is 2.19. The molecule has 0 heterocycles. The lowest BCUT2D eigenvalue weighted by Crippen LogP contribution is -2.07. The molecule has 1 aromatic carbocycles. The van der Waals surface area contributed by atoms with Gasteiger partial charge in [0.1, 0.15) is 0 Å². The standard InChI is InChI=1S/C19H21NO2/c1-6-19(22)20-17-9-7-8-16(12-17)14(4)10-11-18(13(2)3)15(5)21/h6-12H,1-2H2,3-5H3,(H,20,22)/b14-10+,18-11+. The molecule has 1 rings (SSSR count). The number of allylic oxidation sites excluding steroid dienone is 5. The molecule has 0 spiro atoms. The molecule has 0 atom stereocenters. The Morgan fingerprint density at radius 2 is 1.82 bits per heavy atom. The molecule has 0 aliphatic carbocycles. The zero-order chi connectivity index (χ0) is 16.7. The fourth-order valence-corrected chi connectivity index (χ4v) is 1.90. The number of carbonyl (C=O) groups excluding carboxylic acids is 2. The molecule has 0 bridgehead atoms. The van der Waals surface area contributed by atoms with Gasteiger partial charge in [-0.2, -0.15) is 0 Å². The smallest absolute Gasteiger partial charge is 0.247 e. The van der Waals surface area contributed by atoms with Crippen LogP contribution in [0.1, 0.15) is 26.3 Å². The van der Waals surface area contributed by atoms with E-state index in [4.69, 9.17) is 0 Å². The summed E-state index contributed by atoms with van der Waals surface area (Å²) in [5, 5.41) is 2.72. The highest BCUT2D eigenvalue weighted by atomic mass is 16.1. The topological polar surface area (TPSA) is 46.2 Å². The molecule has 0 aliphatic rings. The molecule has 0 radical (unpaired) electrons. The van der Waals surface area contributed by atoms with E-state index < -0.39 is 0 Å². The lowest BCUT2D eigenvalue weighted by atomic mass is 10.0. The Kier molecular flexibility index (Phi) is 6.26. The summed E-state index contributed by atoms with van der Waals surface area (Å²) >= 11 is 0. The summed E-state index contributed by atoms with van der Waals surface area (Å²) in [6, 6.07) is 7.48. The van der Waals surface area contributed by atoms with Crippen molar-refractivity contribution in [3.05, 3.63) is 72.4 Å². The molecular weight excluding hydrogens is 274 g/mol. The van der Waals surface area contributed by atoms with E-state index in [0.717, 1.165) is 16.7 Å². The van der Waals surface area contributed by atoms with Crippen molar-refractivity contribution in [3.8, 4) is 0 Å². The van der Waals surface area contributed by atoms with Crippen LogP contribution in [0.4, 0.5) is 5.69 Å². The van der Waals surface area contributed by atoms with Crippen LogP contribution in [0.15, 0.2) is 66.8 Å². The van der Waals surface area contributed by atoms with Gasteiger partial charge >= 0.3 is 0 Å². The largest absolute Gasteiger partial charge is 0.323 e. The van der Waals surface area contributed by atoms with Crippen LogP contribution >= 0.6 is 0 Å². The molecule has 0 unspecified atom stereocenters. The summed E-state index contributed by atoms with van der Waals surface area (Å²) in [7, 11) is 0. The zero-order valence-electron chi connectivity index (χ0n) is 13.3. The van der Waals surface area contributed by atoms with Crippen molar-refractivity contribution < 1.29 is 9.59 Å². The van der Waals surface area contributed by atoms with Gasteiger partial charge in [-0.3, -0.25) is 9.59 Å². The first kappa shape index (κ1) is 17.4. The number of hydrogen-bond acceptors (Lipinski definition) is 2. The Labute approximate surface area is 131 Å². The number of benzene rings is 1. The second kappa shape index (κ2) is 7.93. The van der Waals surface area contributed by atoms with E-state index in [1.165, 1.54) is 13.0 Å². The predicted molar refractivity (Wildman–Crippen MR) is 92.5 cm³/mol. The average Bonchev–Trinajstić information content (AvgIpc) is 2.46. The number of hydrogen-bond donors (Lipinski definition) is 1. The van der Waals surface area contributed by atoms with Crippen molar-refractivity contribution in [2.75, 3.05) is 5.32 Å². The fourth-order valence-electron chi connectivity index (χ4n) is 1.90. The van der Waals surface area contributed by atoms with Gasteiger partial charge in [0.25, 0.3) is 0 Å². The van der Waals surface area contributed by atoms with Crippen LogP contribution in [-0.4, -0.2) is 11.7 Å². The molecule has 0 fully saturated rings. The average molecular weight is 295 g/mol. The SMILES string of the molecule is C=CC(=O)Nc1cccc(/C(C)=C/C=C(\C(=C)C)C(C)=O)c1. The maximum absolute atomic E-state index is 11.5. The van der Waals surface area contributed by atoms with E-state index >= 15 is 0 Å². The summed E-state index contributed by atoms with van der Waals surface area (Å²) < 4.78 is 0. The van der Waals surface area contributed by atoms with E-state index in [1.807, 2.05) is 44.2 Å². The van der Waals surface area contributed by atoms with Gasteiger partial charge in [-0.1, -0.05) is 37.4 Å². The molecule has 0 aromatic heterocycles. The number of nitrogens with one attached hydrogen (secondary N) is 1. The maximum atomic E-state index is 11.5. The quantitative estimate of drug-likeness (QED) is 0.628. The summed E-state index contributed by atoms with van der Waals surface area (Å²) in [6.45, 7) is 12.5. The van der Waals surface area contributed by atoms with Gasteiger partial charge in [0.05, 0.1) is 0 Å².